The van der Waals surface area contributed by atoms with Gasteiger partial charge in [0.15, 0.2) is 0 Å². The van der Waals surface area contributed by atoms with Crippen molar-refractivity contribution in [2.45, 2.75) is 16.1 Å². The van der Waals surface area contributed by atoms with Gasteiger partial charge >= 0.3 is 122 Å². The van der Waals surface area contributed by atoms with Crippen LogP contribution in [0.1, 0.15) is 23.4 Å². The van der Waals surface area contributed by atoms with Gasteiger partial charge in [0.2, 0.25) is 0 Å². The number of nitriles is 1. The van der Waals surface area contributed by atoms with E-state index in [4.69, 9.17) is 5.26 Å². The van der Waals surface area contributed by atoms with Crippen LogP contribution in [-0.2, 0) is 13.7 Å². The molecule has 0 aliphatic rings. The predicted octanol–water partition coefficient (Wildman–Crippen LogP) is -0.510. The molecule has 4 nitrogen and oxygen atoms in total. The number of pyridine rings is 1. The first kappa shape index (κ1) is 16.2. The Morgan fingerprint density at radius 3 is 2.63 bits per heavy atom. The molecule has 0 amide bonds. The molecular weight excluding hydrogens is 387 g/mol. The van der Waals surface area contributed by atoms with Crippen LogP contribution in [0.15, 0.2) is 22.7 Å². The van der Waals surface area contributed by atoms with Crippen LogP contribution in [0, 0.1) is 11.5 Å². The van der Waals surface area contributed by atoms with E-state index in [-0.39, 0.29) is 5.69 Å². The second-order valence-electron chi connectivity index (χ2n) is 3.86. The van der Waals surface area contributed by atoms with Crippen LogP contribution in [0.3, 0.4) is 0 Å². The van der Waals surface area contributed by atoms with E-state index in [1.165, 1.54) is 35.7 Å². The van der Waals surface area contributed by atoms with Gasteiger partial charge in [0.05, 0.1) is 0 Å². The quantitative estimate of drug-likeness (QED) is 0.389. The number of halogens is 3. The summed E-state index contributed by atoms with van der Waals surface area (Å²) in [5, 5.41) is 7.93. The first-order valence-electron chi connectivity index (χ1n) is 5.18. The van der Waals surface area contributed by atoms with E-state index in [0.717, 1.165) is 0 Å². The van der Waals surface area contributed by atoms with Crippen LogP contribution in [0.2, 0.25) is 0 Å². The topological polar surface area (TPSA) is 66.1 Å². The molecule has 0 aromatic carbocycles. The summed E-state index contributed by atoms with van der Waals surface area (Å²) in [7, 11) is -2.72. The van der Waals surface area contributed by atoms with Gasteiger partial charge < -0.3 is 0 Å². The summed E-state index contributed by atoms with van der Waals surface area (Å²) >= 11 is -1.29. The van der Waals surface area contributed by atoms with Crippen LogP contribution in [0.4, 0.5) is 8.78 Å². The Hall–Kier alpha value is -0.820. The Labute approximate surface area is 121 Å². The molecule has 0 N–H and O–H groups in total. The second kappa shape index (κ2) is 6.09. The van der Waals surface area contributed by atoms with Crippen molar-refractivity contribution in [2.24, 2.45) is 4.36 Å². The number of nitrogens with zero attached hydrogens (tertiary/aromatic N) is 3. The summed E-state index contributed by atoms with van der Waals surface area (Å²) in [6.45, 7) is 1.63. The molecule has 0 fully saturated rings. The summed E-state index contributed by atoms with van der Waals surface area (Å²) in [4.78, 5) is 5.23. The molecule has 0 bridgehead atoms. The molecule has 0 saturated carbocycles. The summed E-state index contributed by atoms with van der Waals surface area (Å²) in [6.07, 6.45) is 4.16. The van der Waals surface area contributed by atoms with Gasteiger partial charge in [-0.25, -0.2) is 0 Å². The van der Waals surface area contributed by atoms with Crippen LogP contribution in [0.25, 0.3) is 0 Å². The van der Waals surface area contributed by atoms with E-state index in [9.17, 15) is 13.0 Å². The monoisotopic (exact) mass is 400 g/mol. The molecule has 1 rings (SSSR count). The first-order valence-corrected chi connectivity index (χ1v) is 10.4. The van der Waals surface area contributed by atoms with Crippen LogP contribution in [-0.4, -0.2) is 20.4 Å². The first-order chi connectivity index (χ1) is 8.74. The zero-order valence-corrected chi connectivity index (χ0v) is 13.6. The Morgan fingerprint density at radius 2 is 2.21 bits per heavy atom. The Bertz CT molecular complexity index is 603. The molecule has 0 aliphatic carbocycles. The molecule has 106 valence electrons. The minimum atomic E-state index is -2.86. The summed E-state index contributed by atoms with van der Waals surface area (Å²) in [5.41, 5.74) is 0.263. The maximum atomic E-state index is 13.4. The van der Waals surface area contributed by atoms with E-state index >= 15 is 0 Å². The van der Waals surface area contributed by atoms with Crippen LogP contribution >= 0.6 is 0 Å². The number of alkyl halides is 4. The van der Waals surface area contributed by atoms with Crippen molar-refractivity contribution in [3.8, 4) is 6.19 Å². The van der Waals surface area contributed by atoms with E-state index in [1.54, 1.807) is 6.92 Å². The molecule has 0 aliphatic heterocycles. The van der Waals surface area contributed by atoms with Gasteiger partial charge in [0, 0.05) is 0 Å². The van der Waals surface area contributed by atoms with Crippen molar-refractivity contribution in [2.75, 3.05) is 11.2 Å². The molecule has 19 heavy (non-hydrogen) atoms. The second-order valence-corrected chi connectivity index (χ2v) is 8.90. The Kier molecular flexibility index (Phi) is 5.20. The third kappa shape index (κ3) is 3.82. The molecule has 0 radical (unpaired) electrons. The average molecular weight is 400 g/mol. The van der Waals surface area contributed by atoms with Gasteiger partial charge in [-0.15, -0.1) is 0 Å². The molecule has 2 unspecified atom stereocenters. The van der Waals surface area contributed by atoms with Gasteiger partial charge in [-0.1, -0.05) is 0 Å². The third-order valence-corrected chi connectivity index (χ3v) is 6.60. The summed E-state index contributed by atoms with van der Waals surface area (Å²) < 4.78 is 39.5. The number of hydrogen-bond acceptors (Lipinski definition) is 4. The van der Waals surface area contributed by atoms with E-state index in [2.05, 4.69) is 9.35 Å². The van der Waals surface area contributed by atoms with Gasteiger partial charge in [0.25, 0.3) is 0 Å². The van der Waals surface area contributed by atoms with Crippen molar-refractivity contribution in [1.29, 1.82) is 5.26 Å². The fourth-order valence-corrected chi connectivity index (χ4v) is 3.16. The molecule has 2 atom stereocenters. The molecular formula is C11H13F2IN3OS-. The maximum absolute atomic E-state index is 13.4. The average Bonchev–Trinajstić information content (AvgIpc) is 2.38. The Balaban J connectivity index is 3.11. The minimum absolute atomic E-state index is 0.265. The number of hydrogen-bond donors (Lipinski definition) is 0. The van der Waals surface area contributed by atoms with Crippen molar-refractivity contribution >= 4 is 9.73 Å². The zero-order chi connectivity index (χ0) is 14.7. The standard InChI is InChI=1S/C11H13F2IN3OS/c1-8(19(3,18)17-7-15)9-4-5-10(16-6-9)11(12,13)14-2/h4-6,8H,1-3H3/q-1. The molecule has 1 heterocycles. The van der Waals surface area contributed by atoms with Crippen LogP contribution < -0.4 is 21.2 Å². The van der Waals surface area contributed by atoms with Crippen molar-refractivity contribution in [3.63, 3.8) is 0 Å². The fraction of sp³-hybridized carbons (Fsp3) is 0.455. The van der Waals surface area contributed by atoms with Crippen LogP contribution in [0.5, 0.6) is 0 Å². The third-order valence-electron chi connectivity index (χ3n) is 2.66. The summed E-state index contributed by atoms with van der Waals surface area (Å²) in [5.74, 6) is 0. The van der Waals surface area contributed by atoms with Gasteiger partial charge in [-0.05, 0) is 0 Å². The molecule has 1 aromatic rings. The predicted molar refractivity (Wildman–Crippen MR) is 64.6 cm³/mol. The fourth-order valence-electron chi connectivity index (χ4n) is 1.32. The zero-order valence-electron chi connectivity index (χ0n) is 10.6. The van der Waals surface area contributed by atoms with E-state index < -0.39 is 40.1 Å². The normalized spacial score (nSPS) is 16.4. The van der Waals surface area contributed by atoms with Crippen molar-refractivity contribution in [3.05, 3.63) is 29.6 Å². The Morgan fingerprint density at radius 1 is 1.58 bits per heavy atom. The molecule has 8 heteroatoms. The SMILES string of the molecule is C[I-]C(F)(F)c1ccc(C(C)S(C)(=O)=NC#N)cn1. The van der Waals surface area contributed by atoms with Crippen molar-refractivity contribution < 1.29 is 34.2 Å². The van der Waals surface area contributed by atoms with E-state index in [0.29, 0.717) is 5.56 Å². The molecule has 0 saturated heterocycles. The van der Waals surface area contributed by atoms with Crippen molar-refractivity contribution in [1.82, 2.24) is 4.98 Å². The summed E-state index contributed by atoms with van der Waals surface area (Å²) in [6, 6.07) is 2.72. The number of rotatable bonds is 4. The molecule has 0 spiro atoms. The van der Waals surface area contributed by atoms with Gasteiger partial charge in [-0.2, -0.15) is 0 Å². The van der Waals surface area contributed by atoms with Gasteiger partial charge in [0.1, 0.15) is 0 Å². The van der Waals surface area contributed by atoms with Gasteiger partial charge in [-0.3, -0.25) is 0 Å². The number of aromatic nitrogens is 1. The molecule has 1 aromatic heterocycles. The van der Waals surface area contributed by atoms with E-state index in [1.807, 2.05) is 0 Å².